The molecular formula is C17H19NS. The molecule has 0 aromatic heterocycles. The molecule has 0 aliphatic rings. The van der Waals surface area contributed by atoms with Crippen molar-refractivity contribution in [3.63, 3.8) is 0 Å². The third-order valence-electron chi connectivity index (χ3n) is 3.62. The summed E-state index contributed by atoms with van der Waals surface area (Å²) in [7, 11) is 0. The second kappa shape index (κ2) is 5.54. The van der Waals surface area contributed by atoms with Gasteiger partial charge in [-0.15, -0.1) is 0 Å². The molecule has 2 rings (SSSR count). The number of rotatable bonds is 4. The largest absolute Gasteiger partial charge is 0.393 e. The lowest BCUT2D eigenvalue weighted by Crippen LogP contribution is -2.36. The molecule has 1 nitrogen and oxygen atoms in total. The molecular weight excluding hydrogens is 250 g/mol. The van der Waals surface area contributed by atoms with Crippen LogP contribution in [0.25, 0.3) is 0 Å². The van der Waals surface area contributed by atoms with E-state index in [9.17, 15) is 0 Å². The SMILES string of the molecule is CC(C)(C(N)=S)C(c1ccccc1)c1ccccc1. The Kier molecular flexibility index (Phi) is 4.01. The smallest absolute Gasteiger partial charge is 0.0794 e. The molecule has 0 amide bonds. The van der Waals surface area contributed by atoms with Crippen molar-refractivity contribution in [1.82, 2.24) is 0 Å². The first-order valence-corrected chi connectivity index (χ1v) is 6.84. The molecule has 98 valence electrons. The summed E-state index contributed by atoms with van der Waals surface area (Å²) in [6.07, 6.45) is 0. The van der Waals surface area contributed by atoms with Gasteiger partial charge in [0.05, 0.1) is 4.99 Å². The van der Waals surface area contributed by atoms with Crippen LogP contribution in [0.2, 0.25) is 0 Å². The van der Waals surface area contributed by atoms with Crippen molar-refractivity contribution in [2.45, 2.75) is 19.8 Å². The van der Waals surface area contributed by atoms with Crippen molar-refractivity contribution in [3.8, 4) is 0 Å². The highest BCUT2D eigenvalue weighted by Crippen LogP contribution is 2.40. The zero-order valence-corrected chi connectivity index (χ0v) is 12.2. The van der Waals surface area contributed by atoms with Crippen LogP contribution in [0, 0.1) is 5.41 Å². The Morgan fingerprint density at radius 1 is 0.895 bits per heavy atom. The van der Waals surface area contributed by atoms with E-state index in [1.54, 1.807) is 0 Å². The van der Waals surface area contributed by atoms with Crippen LogP contribution in [-0.4, -0.2) is 4.99 Å². The summed E-state index contributed by atoms with van der Waals surface area (Å²) in [5.41, 5.74) is 8.20. The van der Waals surface area contributed by atoms with E-state index in [1.807, 2.05) is 12.1 Å². The lowest BCUT2D eigenvalue weighted by atomic mass is 9.71. The van der Waals surface area contributed by atoms with Crippen LogP contribution in [0.4, 0.5) is 0 Å². The van der Waals surface area contributed by atoms with Crippen LogP contribution in [0.5, 0.6) is 0 Å². The van der Waals surface area contributed by atoms with E-state index in [0.29, 0.717) is 4.99 Å². The van der Waals surface area contributed by atoms with Crippen LogP contribution >= 0.6 is 12.2 Å². The lowest BCUT2D eigenvalue weighted by Gasteiger charge is -2.34. The van der Waals surface area contributed by atoms with E-state index in [2.05, 4.69) is 62.4 Å². The lowest BCUT2D eigenvalue weighted by molar-refractivity contribution is 0.457. The molecule has 0 fully saturated rings. The fourth-order valence-electron chi connectivity index (χ4n) is 2.46. The number of thiocarbonyl (C=S) groups is 1. The minimum atomic E-state index is -0.266. The Balaban J connectivity index is 2.55. The van der Waals surface area contributed by atoms with Gasteiger partial charge in [-0.25, -0.2) is 0 Å². The average Bonchev–Trinajstić information content (AvgIpc) is 2.41. The Labute approximate surface area is 120 Å². The van der Waals surface area contributed by atoms with Crippen LogP contribution in [-0.2, 0) is 0 Å². The molecule has 2 heteroatoms. The van der Waals surface area contributed by atoms with Crippen molar-refractivity contribution >= 4 is 17.2 Å². The van der Waals surface area contributed by atoms with E-state index in [4.69, 9.17) is 18.0 Å². The van der Waals surface area contributed by atoms with Crippen LogP contribution < -0.4 is 5.73 Å². The molecule has 0 bridgehead atoms. The van der Waals surface area contributed by atoms with Crippen molar-refractivity contribution in [3.05, 3.63) is 71.8 Å². The molecule has 0 saturated heterocycles. The molecule has 19 heavy (non-hydrogen) atoms. The van der Waals surface area contributed by atoms with Gasteiger partial charge in [-0.05, 0) is 11.1 Å². The van der Waals surface area contributed by atoms with Gasteiger partial charge in [0.1, 0.15) is 0 Å². The van der Waals surface area contributed by atoms with E-state index >= 15 is 0 Å². The number of nitrogens with two attached hydrogens (primary N) is 1. The highest BCUT2D eigenvalue weighted by atomic mass is 32.1. The third-order valence-corrected chi connectivity index (χ3v) is 4.15. The zero-order valence-electron chi connectivity index (χ0n) is 11.3. The first kappa shape index (κ1) is 13.8. The fraction of sp³-hybridized carbons (Fsp3) is 0.235. The molecule has 2 aromatic carbocycles. The van der Waals surface area contributed by atoms with Crippen LogP contribution in [0.1, 0.15) is 30.9 Å². The molecule has 2 N–H and O–H groups in total. The summed E-state index contributed by atoms with van der Waals surface area (Å²) in [6.45, 7) is 4.22. The highest BCUT2D eigenvalue weighted by molar-refractivity contribution is 7.80. The van der Waals surface area contributed by atoms with Crippen molar-refractivity contribution in [1.29, 1.82) is 0 Å². The first-order chi connectivity index (χ1) is 9.03. The second-order valence-corrected chi connectivity index (χ2v) is 5.78. The van der Waals surface area contributed by atoms with Gasteiger partial charge in [-0.3, -0.25) is 0 Å². The number of hydrogen-bond donors (Lipinski definition) is 1. The third kappa shape index (κ3) is 2.85. The molecule has 0 heterocycles. The summed E-state index contributed by atoms with van der Waals surface area (Å²) in [5, 5.41) is 0. The molecule has 0 unspecified atom stereocenters. The van der Waals surface area contributed by atoms with Gasteiger partial charge in [0.2, 0.25) is 0 Å². The normalized spacial score (nSPS) is 11.5. The Bertz CT molecular complexity index is 506. The van der Waals surface area contributed by atoms with Gasteiger partial charge in [0.15, 0.2) is 0 Å². The van der Waals surface area contributed by atoms with Gasteiger partial charge in [0.25, 0.3) is 0 Å². The topological polar surface area (TPSA) is 26.0 Å². The molecule has 0 atom stereocenters. The van der Waals surface area contributed by atoms with Crippen LogP contribution in [0.3, 0.4) is 0 Å². The number of hydrogen-bond acceptors (Lipinski definition) is 1. The molecule has 0 spiro atoms. The van der Waals surface area contributed by atoms with E-state index < -0.39 is 0 Å². The maximum Gasteiger partial charge on any atom is 0.0794 e. The molecule has 0 aliphatic carbocycles. The van der Waals surface area contributed by atoms with Gasteiger partial charge < -0.3 is 5.73 Å². The predicted molar refractivity (Wildman–Crippen MR) is 85.3 cm³/mol. The minimum absolute atomic E-state index is 0.174. The van der Waals surface area contributed by atoms with Gasteiger partial charge in [-0.1, -0.05) is 86.7 Å². The monoisotopic (exact) mass is 269 g/mol. The summed E-state index contributed by atoms with van der Waals surface area (Å²) in [5.74, 6) is 0.174. The maximum atomic E-state index is 5.98. The minimum Gasteiger partial charge on any atom is -0.393 e. The van der Waals surface area contributed by atoms with E-state index in [-0.39, 0.29) is 11.3 Å². The quantitative estimate of drug-likeness (QED) is 0.845. The summed E-state index contributed by atoms with van der Waals surface area (Å²) in [6, 6.07) is 20.8. The Morgan fingerprint density at radius 2 is 1.26 bits per heavy atom. The zero-order chi connectivity index (χ0) is 13.9. The van der Waals surface area contributed by atoms with E-state index in [1.165, 1.54) is 11.1 Å². The molecule has 0 radical (unpaired) electrons. The fourth-order valence-corrected chi connectivity index (χ4v) is 2.58. The second-order valence-electron chi connectivity index (χ2n) is 5.34. The van der Waals surface area contributed by atoms with E-state index in [0.717, 1.165) is 0 Å². The predicted octanol–water partition coefficient (Wildman–Crippen LogP) is 4.13. The summed E-state index contributed by atoms with van der Waals surface area (Å²) >= 11 is 5.29. The van der Waals surface area contributed by atoms with Gasteiger partial charge >= 0.3 is 0 Å². The Hall–Kier alpha value is -1.67. The van der Waals surface area contributed by atoms with Crippen molar-refractivity contribution in [2.24, 2.45) is 11.1 Å². The molecule has 0 aliphatic heterocycles. The summed E-state index contributed by atoms with van der Waals surface area (Å²) in [4.78, 5) is 0.546. The summed E-state index contributed by atoms with van der Waals surface area (Å²) < 4.78 is 0. The van der Waals surface area contributed by atoms with Crippen molar-refractivity contribution < 1.29 is 0 Å². The standard InChI is InChI=1S/C17H19NS/c1-17(2,16(18)19)15(13-9-5-3-6-10-13)14-11-7-4-8-12-14/h3-12,15H,1-2H3,(H2,18,19). The average molecular weight is 269 g/mol. The highest BCUT2D eigenvalue weighted by Gasteiger charge is 2.34. The molecule has 0 saturated carbocycles. The number of benzene rings is 2. The van der Waals surface area contributed by atoms with Gasteiger partial charge in [0, 0.05) is 11.3 Å². The Morgan fingerprint density at radius 3 is 1.58 bits per heavy atom. The maximum absolute atomic E-state index is 5.98. The first-order valence-electron chi connectivity index (χ1n) is 6.43. The van der Waals surface area contributed by atoms with Crippen LogP contribution in [0.15, 0.2) is 60.7 Å². The van der Waals surface area contributed by atoms with Gasteiger partial charge in [-0.2, -0.15) is 0 Å². The van der Waals surface area contributed by atoms with Crippen molar-refractivity contribution in [2.75, 3.05) is 0 Å². The molecule has 2 aromatic rings.